The molecule has 0 spiro atoms. The lowest BCUT2D eigenvalue weighted by Crippen LogP contribution is -2.21. The van der Waals surface area contributed by atoms with E-state index in [1.165, 1.54) is 11.1 Å². The third-order valence-corrected chi connectivity index (χ3v) is 5.54. The summed E-state index contributed by atoms with van der Waals surface area (Å²) in [6.07, 6.45) is 1.72. The molecule has 0 unspecified atom stereocenters. The highest BCUT2D eigenvalue weighted by Crippen LogP contribution is 2.38. The largest absolute Gasteiger partial charge is 0.490 e. The molecule has 4 rings (SSSR count). The normalized spacial score (nSPS) is 14.3. The number of carboxylic acids is 1. The summed E-state index contributed by atoms with van der Waals surface area (Å²) in [5.41, 5.74) is 3.24. The lowest BCUT2D eigenvalue weighted by atomic mass is 10.1. The molecule has 3 aromatic rings. The number of amides is 1. The molecule has 0 aromatic heterocycles. The molecule has 35 heavy (non-hydrogen) atoms. The van der Waals surface area contributed by atoms with Crippen molar-refractivity contribution in [2.24, 2.45) is 5.10 Å². The summed E-state index contributed by atoms with van der Waals surface area (Å²) in [7, 11) is 0. The van der Waals surface area contributed by atoms with E-state index < -0.39 is 5.97 Å². The van der Waals surface area contributed by atoms with Gasteiger partial charge in [-0.15, -0.1) is 0 Å². The van der Waals surface area contributed by atoms with Crippen LogP contribution in [-0.4, -0.2) is 29.3 Å². The van der Waals surface area contributed by atoms with E-state index in [1.54, 1.807) is 43.3 Å². The summed E-state index contributed by atoms with van der Waals surface area (Å²) >= 11 is 6.55. The van der Waals surface area contributed by atoms with Gasteiger partial charge >= 0.3 is 5.97 Å². The van der Waals surface area contributed by atoms with Crippen molar-refractivity contribution in [1.29, 1.82) is 0 Å². The van der Waals surface area contributed by atoms with Crippen molar-refractivity contribution in [2.45, 2.75) is 20.5 Å². The Labute approximate surface area is 207 Å². The zero-order valence-corrected chi connectivity index (χ0v) is 20.0. The highest BCUT2D eigenvalue weighted by molar-refractivity contribution is 6.33. The van der Waals surface area contributed by atoms with Crippen molar-refractivity contribution in [3.8, 4) is 11.5 Å². The van der Waals surface area contributed by atoms with Crippen LogP contribution in [0.4, 0.5) is 5.69 Å². The van der Waals surface area contributed by atoms with E-state index in [2.05, 4.69) is 5.10 Å². The van der Waals surface area contributed by atoms with E-state index in [1.807, 2.05) is 37.3 Å². The zero-order chi connectivity index (χ0) is 24.9. The molecule has 0 saturated heterocycles. The number of hydrogen-bond donors (Lipinski definition) is 1. The first-order chi connectivity index (χ1) is 16.9. The summed E-state index contributed by atoms with van der Waals surface area (Å²) in [6.45, 7) is 4.11. The van der Waals surface area contributed by atoms with Gasteiger partial charge in [0.1, 0.15) is 6.61 Å². The molecule has 0 fully saturated rings. The number of carbonyl (C=O) groups is 2. The second kappa shape index (κ2) is 10.4. The Morgan fingerprint density at radius 1 is 1.09 bits per heavy atom. The van der Waals surface area contributed by atoms with Crippen molar-refractivity contribution in [3.05, 3.63) is 94.0 Å². The van der Waals surface area contributed by atoms with E-state index in [9.17, 15) is 14.7 Å². The molecule has 0 radical (unpaired) electrons. The number of nitrogens with zero attached hydrogens (tertiary/aromatic N) is 2. The molecule has 178 valence electrons. The predicted octanol–water partition coefficient (Wildman–Crippen LogP) is 5.82. The fourth-order valence-corrected chi connectivity index (χ4v) is 3.89. The number of carbonyl (C=O) groups excluding carboxylic acids is 1. The number of anilines is 1. The van der Waals surface area contributed by atoms with Crippen LogP contribution in [-0.2, 0) is 11.4 Å². The van der Waals surface area contributed by atoms with Gasteiger partial charge in [0.15, 0.2) is 11.5 Å². The number of aromatic carboxylic acids is 1. The first kappa shape index (κ1) is 24.0. The first-order valence-corrected chi connectivity index (χ1v) is 11.3. The Hall–Kier alpha value is -4.10. The number of hydrazone groups is 1. The van der Waals surface area contributed by atoms with Crippen LogP contribution < -0.4 is 14.5 Å². The molecule has 1 heterocycles. The fourth-order valence-electron chi connectivity index (χ4n) is 3.62. The molecule has 1 aliphatic rings. The third-order valence-electron chi connectivity index (χ3n) is 5.26. The van der Waals surface area contributed by atoms with E-state index in [0.29, 0.717) is 51.2 Å². The van der Waals surface area contributed by atoms with Crippen LogP contribution in [0.2, 0.25) is 5.02 Å². The minimum absolute atomic E-state index is 0.109. The van der Waals surface area contributed by atoms with Gasteiger partial charge in [0.05, 0.1) is 34.2 Å². The number of carboxylic acid groups (broad SMARTS) is 1. The maximum absolute atomic E-state index is 13.0. The van der Waals surface area contributed by atoms with Crippen molar-refractivity contribution >= 4 is 41.0 Å². The topological polar surface area (TPSA) is 88.4 Å². The molecule has 8 heteroatoms. The molecule has 0 atom stereocenters. The second-order valence-electron chi connectivity index (χ2n) is 7.75. The second-order valence-corrected chi connectivity index (χ2v) is 8.16. The average Bonchev–Trinajstić information content (AvgIpc) is 3.13. The highest BCUT2D eigenvalue weighted by atomic mass is 35.5. The SMILES string of the molecule is CCOc1cc(C=C2C(=O)N(c3ccccc3)N=C2C)cc(Cl)c1OCc1cccc(C(=O)O)c1. The quantitative estimate of drug-likeness (QED) is 0.402. The van der Waals surface area contributed by atoms with E-state index in [-0.39, 0.29) is 18.1 Å². The van der Waals surface area contributed by atoms with Gasteiger partial charge in [-0.3, -0.25) is 4.79 Å². The van der Waals surface area contributed by atoms with Gasteiger partial charge in [-0.2, -0.15) is 10.1 Å². The van der Waals surface area contributed by atoms with Crippen LogP contribution in [0.5, 0.6) is 11.5 Å². The standard InChI is InChI=1S/C27H23ClN2O5/c1-3-34-24-15-19(13-22-17(2)29-30(26(22)31)21-10-5-4-6-11-21)14-23(28)25(24)35-16-18-8-7-9-20(12-18)27(32)33/h4-15H,3,16H2,1-2H3,(H,32,33). The molecule has 1 amide bonds. The van der Waals surface area contributed by atoms with E-state index in [0.717, 1.165) is 0 Å². The van der Waals surface area contributed by atoms with Crippen LogP contribution in [0.1, 0.15) is 35.3 Å². The highest BCUT2D eigenvalue weighted by Gasteiger charge is 2.28. The number of hydrogen-bond acceptors (Lipinski definition) is 5. The Morgan fingerprint density at radius 2 is 1.86 bits per heavy atom. The smallest absolute Gasteiger partial charge is 0.335 e. The number of rotatable bonds is 8. The van der Waals surface area contributed by atoms with Crippen LogP contribution in [0.25, 0.3) is 6.08 Å². The molecule has 0 saturated carbocycles. The Kier molecular flexibility index (Phi) is 7.17. The van der Waals surface area contributed by atoms with Gasteiger partial charge in [0.25, 0.3) is 5.91 Å². The molecular formula is C27H23ClN2O5. The predicted molar refractivity (Wildman–Crippen MR) is 135 cm³/mol. The Morgan fingerprint density at radius 3 is 2.57 bits per heavy atom. The van der Waals surface area contributed by atoms with Gasteiger partial charge in [-0.1, -0.05) is 41.9 Å². The van der Waals surface area contributed by atoms with E-state index in [4.69, 9.17) is 21.1 Å². The lowest BCUT2D eigenvalue weighted by molar-refractivity contribution is -0.114. The number of ether oxygens (including phenoxy) is 2. The summed E-state index contributed by atoms with van der Waals surface area (Å²) in [5.74, 6) is -0.489. The fraction of sp³-hybridized carbons (Fsp3) is 0.148. The van der Waals surface area contributed by atoms with Crippen molar-refractivity contribution < 1.29 is 24.2 Å². The molecule has 0 aliphatic carbocycles. The van der Waals surface area contributed by atoms with Gasteiger partial charge in [-0.05, 0) is 67.4 Å². The van der Waals surface area contributed by atoms with Gasteiger partial charge < -0.3 is 14.6 Å². The van der Waals surface area contributed by atoms with Crippen molar-refractivity contribution in [2.75, 3.05) is 11.6 Å². The van der Waals surface area contributed by atoms with Crippen LogP contribution >= 0.6 is 11.6 Å². The molecular weight excluding hydrogens is 468 g/mol. The maximum atomic E-state index is 13.0. The molecule has 1 aliphatic heterocycles. The minimum atomic E-state index is -1.01. The summed E-state index contributed by atoms with van der Waals surface area (Å²) < 4.78 is 11.7. The van der Waals surface area contributed by atoms with E-state index >= 15 is 0 Å². The van der Waals surface area contributed by atoms with Crippen molar-refractivity contribution in [1.82, 2.24) is 0 Å². The molecule has 3 aromatic carbocycles. The minimum Gasteiger partial charge on any atom is -0.490 e. The van der Waals surface area contributed by atoms with Crippen LogP contribution in [0.3, 0.4) is 0 Å². The average molecular weight is 491 g/mol. The van der Waals surface area contributed by atoms with Crippen LogP contribution in [0.15, 0.2) is 77.4 Å². The molecule has 0 bridgehead atoms. The first-order valence-electron chi connectivity index (χ1n) is 11.0. The van der Waals surface area contributed by atoms with Crippen molar-refractivity contribution in [3.63, 3.8) is 0 Å². The lowest BCUT2D eigenvalue weighted by Gasteiger charge is -2.15. The summed E-state index contributed by atoms with van der Waals surface area (Å²) in [5, 5.41) is 15.3. The number of para-hydroxylation sites is 1. The Balaban J connectivity index is 1.60. The molecule has 7 nitrogen and oxygen atoms in total. The monoisotopic (exact) mass is 490 g/mol. The number of benzene rings is 3. The number of halogens is 1. The third kappa shape index (κ3) is 5.36. The summed E-state index contributed by atoms with van der Waals surface area (Å²) in [4.78, 5) is 24.3. The van der Waals surface area contributed by atoms with Crippen LogP contribution in [0, 0.1) is 0 Å². The van der Waals surface area contributed by atoms with Gasteiger partial charge in [0, 0.05) is 0 Å². The molecule has 1 N–H and O–H groups in total. The Bertz CT molecular complexity index is 1330. The zero-order valence-electron chi connectivity index (χ0n) is 19.2. The summed E-state index contributed by atoms with van der Waals surface area (Å²) in [6, 6.07) is 19.1. The maximum Gasteiger partial charge on any atom is 0.335 e. The van der Waals surface area contributed by atoms with Gasteiger partial charge in [-0.25, -0.2) is 4.79 Å². The van der Waals surface area contributed by atoms with Gasteiger partial charge in [0.2, 0.25) is 0 Å².